The van der Waals surface area contributed by atoms with Crippen LogP contribution in [0.2, 0.25) is 0 Å². The number of methoxy groups -OCH3 is 1. The van der Waals surface area contributed by atoms with Crippen molar-refractivity contribution < 1.29 is 13.9 Å². The second-order valence-corrected chi connectivity index (χ2v) is 4.88. The molecule has 6 heteroatoms. The first-order chi connectivity index (χ1) is 9.60. The number of nitrogens with one attached hydrogen (secondary N) is 1. The van der Waals surface area contributed by atoms with E-state index in [1.165, 1.54) is 13.3 Å². The number of benzene rings is 1. The molecule has 4 nitrogen and oxygen atoms in total. The Kier molecular flexibility index (Phi) is 4.68. The third-order valence-corrected chi connectivity index (χ3v) is 3.22. The third kappa shape index (κ3) is 3.54. The number of rotatable bonds is 4. The van der Waals surface area contributed by atoms with Crippen molar-refractivity contribution in [2.24, 2.45) is 0 Å². The van der Waals surface area contributed by atoms with E-state index in [1.54, 1.807) is 30.3 Å². The molecule has 20 heavy (non-hydrogen) atoms. The lowest BCUT2D eigenvalue weighted by Gasteiger charge is -2.07. The lowest BCUT2D eigenvalue weighted by atomic mass is 10.1. The minimum Gasteiger partial charge on any atom is -0.481 e. The van der Waals surface area contributed by atoms with E-state index in [0.717, 1.165) is 0 Å². The zero-order valence-corrected chi connectivity index (χ0v) is 12.3. The van der Waals surface area contributed by atoms with Crippen molar-refractivity contribution in [1.82, 2.24) is 4.98 Å². The van der Waals surface area contributed by atoms with E-state index in [4.69, 9.17) is 4.74 Å². The van der Waals surface area contributed by atoms with Crippen LogP contribution in [0.15, 0.2) is 41.0 Å². The summed E-state index contributed by atoms with van der Waals surface area (Å²) in [5.74, 6) is -0.273. The number of hydrogen-bond donors (Lipinski definition) is 1. The fourth-order valence-corrected chi connectivity index (χ4v) is 2.05. The maximum Gasteiger partial charge on any atom is 0.228 e. The van der Waals surface area contributed by atoms with Crippen molar-refractivity contribution in [3.8, 4) is 5.88 Å². The number of pyridine rings is 1. The first-order valence-electron chi connectivity index (χ1n) is 5.83. The van der Waals surface area contributed by atoms with Crippen molar-refractivity contribution in [1.29, 1.82) is 0 Å². The van der Waals surface area contributed by atoms with Crippen molar-refractivity contribution in [2.75, 3.05) is 12.4 Å². The highest BCUT2D eigenvalue weighted by molar-refractivity contribution is 9.10. The molecule has 2 rings (SSSR count). The maximum atomic E-state index is 13.7. The highest BCUT2D eigenvalue weighted by atomic mass is 79.9. The van der Waals surface area contributed by atoms with Crippen LogP contribution < -0.4 is 10.1 Å². The molecule has 0 atom stereocenters. The van der Waals surface area contributed by atoms with E-state index in [-0.39, 0.29) is 12.3 Å². The number of carbonyl (C=O) groups excluding carboxylic acids is 1. The highest BCUT2D eigenvalue weighted by Gasteiger charge is 2.10. The fourth-order valence-electron chi connectivity index (χ4n) is 1.64. The highest BCUT2D eigenvalue weighted by Crippen LogP contribution is 2.19. The summed E-state index contributed by atoms with van der Waals surface area (Å²) in [6.45, 7) is 0. The maximum absolute atomic E-state index is 13.7. The molecule has 0 spiro atoms. The number of hydrogen-bond acceptors (Lipinski definition) is 3. The summed E-state index contributed by atoms with van der Waals surface area (Å²) in [4.78, 5) is 15.8. The molecule has 0 radical (unpaired) electrons. The lowest BCUT2D eigenvalue weighted by Crippen LogP contribution is -2.15. The molecular formula is C14H12BrFN2O2. The Morgan fingerprint density at radius 3 is 2.85 bits per heavy atom. The molecule has 0 fully saturated rings. The Labute approximate surface area is 124 Å². The molecule has 2 aromatic rings. The summed E-state index contributed by atoms with van der Waals surface area (Å²) in [6, 6.07) is 8.15. The van der Waals surface area contributed by atoms with Crippen molar-refractivity contribution in [3.63, 3.8) is 0 Å². The number of carbonyl (C=O) groups is 1. The van der Waals surface area contributed by atoms with Crippen LogP contribution in [0.25, 0.3) is 0 Å². The van der Waals surface area contributed by atoms with Gasteiger partial charge in [0, 0.05) is 6.07 Å². The van der Waals surface area contributed by atoms with Crippen molar-refractivity contribution in [3.05, 3.63) is 52.4 Å². The summed E-state index contributed by atoms with van der Waals surface area (Å²) >= 11 is 3.09. The molecule has 0 saturated carbocycles. The van der Waals surface area contributed by atoms with E-state index >= 15 is 0 Å². The first kappa shape index (κ1) is 14.5. The van der Waals surface area contributed by atoms with Crippen LogP contribution in [0.4, 0.5) is 10.1 Å². The van der Waals surface area contributed by atoms with Gasteiger partial charge in [-0.05, 0) is 33.6 Å². The molecule has 0 saturated heterocycles. The smallest absolute Gasteiger partial charge is 0.228 e. The summed E-state index contributed by atoms with van der Waals surface area (Å²) in [6.07, 6.45) is 1.44. The zero-order valence-electron chi connectivity index (χ0n) is 10.7. The Bertz CT molecular complexity index is 617. The number of ether oxygens (including phenoxy) is 1. The molecule has 1 heterocycles. The zero-order chi connectivity index (χ0) is 14.5. The largest absolute Gasteiger partial charge is 0.481 e. The second-order valence-electron chi connectivity index (χ2n) is 4.03. The van der Waals surface area contributed by atoms with Crippen LogP contribution in [-0.4, -0.2) is 18.0 Å². The second kappa shape index (κ2) is 6.47. The van der Waals surface area contributed by atoms with Gasteiger partial charge < -0.3 is 10.1 Å². The number of nitrogens with zero attached hydrogens (tertiary/aromatic N) is 1. The third-order valence-electron chi connectivity index (χ3n) is 2.61. The summed E-state index contributed by atoms with van der Waals surface area (Å²) in [7, 11) is 1.51. The Morgan fingerprint density at radius 1 is 1.40 bits per heavy atom. The quantitative estimate of drug-likeness (QED) is 0.931. The van der Waals surface area contributed by atoms with Gasteiger partial charge in [0.15, 0.2) is 0 Å². The molecule has 0 aliphatic carbocycles. The van der Waals surface area contributed by atoms with Crippen LogP contribution in [0.3, 0.4) is 0 Å². The predicted octanol–water partition coefficient (Wildman–Crippen LogP) is 3.17. The summed E-state index contributed by atoms with van der Waals surface area (Å²) < 4.78 is 19.0. The average molecular weight is 339 g/mol. The van der Waals surface area contributed by atoms with Crippen LogP contribution >= 0.6 is 15.9 Å². The van der Waals surface area contributed by atoms with Gasteiger partial charge >= 0.3 is 0 Å². The lowest BCUT2D eigenvalue weighted by molar-refractivity contribution is -0.115. The van der Waals surface area contributed by atoms with Crippen LogP contribution in [0.1, 0.15) is 5.56 Å². The van der Waals surface area contributed by atoms with Crippen LogP contribution in [-0.2, 0) is 11.2 Å². The van der Waals surface area contributed by atoms with Crippen molar-refractivity contribution in [2.45, 2.75) is 6.42 Å². The average Bonchev–Trinajstić information content (AvgIpc) is 2.45. The van der Waals surface area contributed by atoms with E-state index in [1.807, 2.05) is 0 Å². The number of halogens is 2. The van der Waals surface area contributed by atoms with Crippen LogP contribution in [0, 0.1) is 5.82 Å². The monoisotopic (exact) mass is 338 g/mol. The first-order valence-corrected chi connectivity index (χ1v) is 6.62. The Morgan fingerprint density at radius 2 is 2.20 bits per heavy atom. The van der Waals surface area contributed by atoms with E-state index in [0.29, 0.717) is 21.6 Å². The SMILES string of the molecule is COc1ccc(NC(=O)Cc2cccc(Br)c2F)cn1. The molecule has 0 aliphatic heterocycles. The molecule has 0 aliphatic rings. The minimum absolute atomic E-state index is 0.0443. The van der Waals surface area contributed by atoms with Gasteiger partial charge in [-0.1, -0.05) is 12.1 Å². The fraction of sp³-hybridized carbons (Fsp3) is 0.143. The van der Waals surface area contributed by atoms with E-state index in [9.17, 15) is 9.18 Å². The molecule has 1 aromatic heterocycles. The molecule has 1 N–H and O–H groups in total. The van der Waals surface area contributed by atoms with Gasteiger partial charge in [-0.25, -0.2) is 9.37 Å². The topological polar surface area (TPSA) is 51.2 Å². The molecule has 0 unspecified atom stereocenters. The molecule has 1 aromatic carbocycles. The van der Waals surface area contributed by atoms with Gasteiger partial charge in [0.2, 0.25) is 11.8 Å². The van der Waals surface area contributed by atoms with Crippen LogP contribution in [0.5, 0.6) is 5.88 Å². The van der Waals surface area contributed by atoms with Crippen molar-refractivity contribution >= 4 is 27.5 Å². The Hall–Kier alpha value is -1.95. The summed E-state index contributed by atoms with van der Waals surface area (Å²) in [5, 5.41) is 2.65. The van der Waals surface area contributed by atoms with Gasteiger partial charge in [0.05, 0.1) is 29.9 Å². The number of anilines is 1. The van der Waals surface area contributed by atoms with Gasteiger partial charge in [-0.15, -0.1) is 0 Å². The Balaban J connectivity index is 2.03. The number of aromatic nitrogens is 1. The van der Waals surface area contributed by atoms with E-state index < -0.39 is 5.82 Å². The van der Waals surface area contributed by atoms with Gasteiger partial charge in [0.1, 0.15) is 5.82 Å². The number of amides is 1. The van der Waals surface area contributed by atoms with Gasteiger partial charge in [-0.2, -0.15) is 0 Å². The normalized spacial score (nSPS) is 10.2. The standard InChI is InChI=1S/C14H12BrFN2O2/c1-20-13-6-5-10(8-17-13)18-12(19)7-9-3-2-4-11(15)14(9)16/h2-6,8H,7H2,1H3,(H,18,19). The molecule has 0 bridgehead atoms. The predicted molar refractivity (Wildman–Crippen MR) is 77.2 cm³/mol. The van der Waals surface area contributed by atoms with E-state index in [2.05, 4.69) is 26.2 Å². The van der Waals surface area contributed by atoms with Gasteiger partial charge in [0.25, 0.3) is 0 Å². The van der Waals surface area contributed by atoms with Gasteiger partial charge in [-0.3, -0.25) is 4.79 Å². The minimum atomic E-state index is -0.421. The molecule has 104 valence electrons. The molecular weight excluding hydrogens is 327 g/mol. The molecule has 1 amide bonds. The summed E-state index contributed by atoms with van der Waals surface area (Å²) in [5.41, 5.74) is 0.865.